The predicted molar refractivity (Wildman–Crippen MR) is 115 cm³/mol. The Hall–Kier alpha value is -1.10. The molecule has 5 heteroatoms. The minimum absolute atomic E-state index is 0.0287. The molecule has 1 aliphatic carbocycles. The Kier molecular flexibility index (Phi) is 10.7. The van der Waals surface area contributed by atoms with E-state index in [1.807, 2.05) is 27.7 Å². The van der Waals surface area contributed by atoms with E-state index in [1.165, 1.54) is 12.8 Å². The molecule has 0 aromatic heterocycles. The van der Waals surface area contributed by atoms with Gasteiger partial charge in [0.1, 0.15) is 11.7 Å². The van der Waals surface area contributed by atoms with E-state index in [-0.39, 0.29) is 30.6 Å². The van der Waals surface area contributed by atoms with Gasteiger partial charge in [0.2, 0.25) is 0 Å². The Morgan fingerprint density at radius 2 is 1.66 bits per heavy atom. The fraction of sp³-hybridized carbons (Fsp3) is 0.917. The number of hydrogen-bond donors (Lipinski definition) is 0. The summed E-state index contributed by atoms with van der Waals surface area (Å²) < 4.78 is 17.4. The summed E-state index contributed by atoms with van der Waals surface area (Å²) in [4.78, 5) is 24.6. The van der Waals surface area contributed by atoms with Crippen LogP contribution in [-0.4, -0.2) is 36.4 Å². The van der Waals surface area contributed by atoms with Crippen LogP contribution in [0.5, 0.6) is 0 Å². The third kappa shape index (κ3) is 11.0. The molecule has 0 N–H and O–H groups in total. The fourth-order valence-electron chi connectivity index (χ4n) is 3.42. The Balaban J connectivity index is 2.66. The van der Waals surface area contributed by atoms with Crippen LogP contribution in [0.4, 0.5) is 0 Å². The van der Waals surface area contributed by atoms with Crippen LogP contribution in [0.1, 0.15) is 93.9 Å². The Bertz CT molecular complexity index is 504. The smallest absolute Gasteiger partial charge is 0.309 e. The van der Waals surface area contributed by atoms with Crippen molar-refractivity contribution in [2.24, 2.45) is 23.7 Å². The zero-order chi connectivity index (χ0) is 22.2. The van der Waals surface area contributed by atoms with Gasteiger partial charge in [0.05, 0.1) is 18.4 Å². The summed E-state index contributed by atoms with van der Waals surface area (Å²) in [5.74, 6) is 0.391. The van der Waals surface area contributed by atoms with Crippen molar-refractivity contribution >= 4 is 11.9 Å². The second-order valence-corrected chi connectivity index (χ2v) is 10.2. The first-order valence-corrected chi connectivity index (χ1v) is 11.5. The molecule has 0 saturated heterocycles. The Morgan fingerprint density at radius 1 is 1.03 bits per heavy atom. The van der Waals surface area contributed by atoms with Gasteiger partial charge in [0.25, 0.3) is 0 Å². The highest BCUT2D eigenvalue weighted by atomic mass is 16.6. The number of ether oxygens (including phenoxy) is 3. The molecule has 0 aromatic carbocycles. The van der Waals surface area contributed by atoms with Crippen molar-refractivity contribution in [2.45, 2.75) is 112 Å². The zero-order valence-corrected chi connectivity index (χ0v) is 20.0. The third-order valence-electron chi connectivity index (χ3n) is 5.39. The molecule has 0 aromatic rings. The normalized spacial score (nSPS) is 18.8. The number of carbonyl (C=O) groups excluding carboxylic acids is 2. The largest absolute Gasteiger partial charge is 0.460 e. The van der Waals surface area contributed by atoms with Crippen molar-refractivity contribution in [1.29, 1.82) is 0 Å². The predicted octanol–water partition coefficient (Wildman–Crippen LogP) is 5.54. The zero-order valence-electron chi connectivity index (χ0n) is 20.0. The fourth-order valence-corrected chi connectivity index (χ4v) is 3.42. The van der Waals surface area contributed by atoms with Crippen LogP contribution in [0.2, 0.25) is 0 Å². The molecular formula is C24H44O5. The molecule has 1 rings (SSSR count). The standard InChI is InChI=1S/C24H44O5/c1-9-20(13-10-16(2)3)22(27-15-19-11-12-19)18(5)28-23(26)17(4)14-21(25)29-24(6,7)8/h16-20,22H,9-15H2,1-8H3/t17-,18+,20+,22-/m1/s1. The molecule has 0 radical (unpaired) electrons. The van der Waals surface area contributed by atoms with Gasteiger partial charge in [-0.25, -0.2) is 0 Å². The SMILES string of the molecule is CC[C@@H](CCC(C)C)[C@H](OCC1CC1)[C@H](C)OC(=O)[C@H](C)CC(=O)OC(C)(C)C. The van der Waals surface area contributed by atoms with Gasteiger partial charge in [-0.15, -0.1) is 0 Å². The molecule has 0 heterocycles. The van der Waals surface area contributed by atoms with E-state index >= 15 is 0 Å². The molecule has 1 aliphatic rings. The van der Waals surface area contributed by atoms with Crippen molar-refractivity contribution in [2.75, 3.05) is 6.61 Å². The maximum Gasteiger partial charge on any atom is 0.309 e. The average molecular weight is 413 g/mol. The topological polar surface area (TPSA) is 61.8 Å². The summed E-state index contributed by atoms with van der Waals surface area (Å²) in [5.41, 5.74) is -0.555. The second kappa shape index (κ2) is 11.9. The van der Waals surface area contributed by atoms with Crippen LogP contribution < -0.4 is 0 Å². The van der Waals surface area contributed by atoms with E-state index in [9.17, 15) is 9.59 Å². The first kappa shape index (κ1) is 25.9. The number of hydrogen-bond acceptors (Lipinski definition) is 5. The molecular weight excluding hydrogens is 368 g/mol. The van der Waals surface area contributed by atoms with E-state index in [1.54, 1.807) is 6.92 Å². The van der Waals surface area contributed by atoms with E-state index in [2.05, 4.69) is 20.8 Å². The molecule has 0 amide bonds. The van der Waals surface area contributed by atoms with Crippen molar-refractivity contribution in [1.82, 2.24) is 0 Å². The van der Waals surface area contributed by atoms with Crippen molar-refractivity contribution in [3.63, 3.8) is 0 Å². The number of rotatable bonds is 13. The average Bonchev–Trinajstić information content (AvgIpc) is 3.39. The Labute approximate surface area is 178 Å². The molecule has 0 unspecified atom stereocenters. The second-order valence-electron chi connectivity index (χ2n) is 10.2. The van der Waals surface area contributed by atoms with Crippen LogP contribution in [0.3, 0.4) is 0 Å². The molecule has 1 fully saturated rings. The molecule has 4 atom stereocenters. The van der Waals surface area contributed by atoms with Gasteiger partial charge in [-0.2, -0.15) is 0 Å². The quantitative estimate of drug-likeness (QED) is 0.371. The highest BCUT2D eigenvalue weighted by molar-refractivity contribution is 5.79. The van der Waals surface area contributed by atoms with Crippen LogP contribution in [-0.2, 0) is 23.8 Å². The van der Waals surface area contributed by atoms with Crippen LogP contribution in [0, 0.1) is 23.7 Å². The van der Waals surface area contributed by atoms with Gasteiger partial charge in [-0.3, -0.25) is 9.59 Å². The molecule has 1 saturated carbocycles. The van der Waals surface area contributed by atoms with Gasteiger partial charge in [0, 0.05) is 6.61 Å². The van der Waals surface area contributed by atoms with Crippen LogP contribution in [0.25, 0.3) is 0 Å². The molecule has 0 spiro atoms. The highest BCUT2D eigenvalue weighted by Crippen LogP contribution is 2.32. The number of esters is 2. The third-order valence-corrected chi connectivity index (χ3v) is 5.39. The number of carbonyl (C=O) groups is 2. The van der Waals surface area contributed by atoms with E-state index in [0.717, 1.165) is 25.9 Å². The van der Waals surface area contributed by atoms with E-state index < -0.39 is 11.5 Å². The van der Waals surface area contributed by atoms with Gasteiger partial charge in [0.15, 0.2) is 0 Å². The highest BCUT2D eigenvalue weighted by Gasteiger charge is 2.33. The lowest BCUT2D eigenvalue weighted by molar-refractivity contribution is -0.169. The van der Waals surface area contributed by atoms with Gasteiger partial charge >= 0.3 is 11.9 Å². The molecule has 0 aliphatic heterocycles. The maximum absolute atomic E-state index is 12.6. The van der Waals surface area contributed by atoms with Gasteiger partial charge in [-0.05, 0) is 64.7 Å². The minimum atomic E-state index is -0.555. The van der Waals surface area contributed by atoms with Gasteiger partial charge < -0.3 is 14.2 Å². The summed E-state index contributed by atoms with van der Waals surface area (Å²) in [6, 6.07) is 0. The summed E-state index contributed by atoms with van der Waals surface area (Å²) in [6.45, 7) is 16.5. The van der Waals surface area contributed by atoms with Crippen molar-refractivity contribution in [3.8, 4) is 0 Å². The lowest BCUT2D eigenvalue weighted by atomic mass is 9.88. The molecule has 29 heavy (non-hydrogen) atoms. The lowest BCUT2D eigenvalue weighted by Gasteiger charge is -2.32. The summed E-state index contributed by atoms with van der Waals surface area (Å²) in [5, 5.41) is 0. The van der Waals surface area contributed by atoms with Crippen molar-refractivity contribution in [3.05, 3.63) is 0 Å². The summed E-state index contributed by atoms with van der Waals surface area (Å²) in [6.07, 6.45) is 5.26. The first-order chi connectivity index (χ1) is 13.4. The van der Waals surface area contributed by atoms with Crippen LogP contribution in [0.15, 0.2) is 0 Å². The molecule has 170 valence electrons. The van der Waals surface area contributed by atoms with E-state index in [0.29, 0.717) is 17.8 Å². The van der Waals surface area contributed by atoms with Crippen molar-refractivity contribution < 1.29 is 23.8 Å². The van der Waals surface area contributed by atoms with E-state index in [4.69, 9.17) is 14.2 Å². The Morgan fingerprint density at radius 3 is 2.14 bits per heavy atom. The molecule has 5 nitrogen and oxygen atoms in total. The van der Waals surface area contributed by atoms with Crippen LogP contribution >= 0.6 is 0 Å². The lowest BCUT2D eigenvalue weighted by Crippen LogP contribution is -2.39. The summed E-state index contributed by atoms with van der Waals surface area (Å²) in [7, 11) is 0. The van der Waals surface area contributed by atoms with Gasteiger partial charge in [-0.1, -0.05) is 40.5 Å². The monoisotopic (exact) mass is 412 g/mol. The molecule has 0 bridgehead atoms. The summed E-state index contributed by atoms with van der Waals surface area (Å²) >= 11 is 0. The first-order valence-electron chi connectivity index (χ1n) is 11.5. The maximum atomic E-state index is 12.6. The minimum Gasteiger partial charge on any atom is -0.460 e.